The molecule has 0 aromatic carbocycles. The van der Waals surface area contributed by atoms with E-state index in [4.69, 9.17) is 5.73 Å². The maximum Gasteiger partial charge on any atom is 0.234 e. The first kappa shape index (κ1) is 10.5. The summed E-state index contributed by atoms with van der Waals surface area (Å²) >= 11 is 0. The first-order valence-electron chi connectivity index (χ1n) is 4.93. The highest BCUT2D eigenvalue weighted by Crippen LogP contribution is 2.23. The number of hydrogen-bond acceptors (Lipinski definition) is 2. The number of likely N-dealkylation sites (tertiary alicyclic amines) is 1. The van der Waals surface area contributed by atoms with Crippen molar-refractivity contribution in [2.24, 2.45) is 11.1 Å². The van der Waals surface area contributed by atoms with Gasteiger partial charge in [0.2, 0.25) is 5.91 Å². The number of primary amides is 1. The number of carbonyl (C=O) groups is 1. The fourth-order valence-electron chi connectivity index (χ4n) is 1.95. The summed E-state index contributed by atoms with van der Waals surface area (Å²) in [5, 5.41) is 0. The van der Waals surface area contributed by atoms with Gasteiger partial charge < -0.3 is 5.73 Å². The lowest BCUT2D eigenvalue weighted by Gasteiger charge is -2.29. The van der Waals surface area contributed by atoms with Crippen LogP contribution in [-0.4, -0.2) is 29.9 Å². The third-order valence-corrected chi connectivity index (χ3v) is 2.37. The zero-order valence-electron chi connectivity index (χ0n) is 8.84. The summed E-state index contributed by atoms with van der Waals surface area (Å²) in [6.07, 6.45) is 2.04. The molecule has 1 rings (SSSR count). The van der Waals surface area contributed by atoms with Gasteiger partial charge in [-0.25, -0.2) is 0 Å². The number of carbonyl (C=O) groups excluding carboxylic acids is 1. The molecule has 76 valence electrons. The summed E-state index contributed by atoms with van der Waals surface area (Å²) in [7, 11) is 0. The second-order valence-corrected chi connectivity index (χ2v) is 5.09. The smallest absolute Gasteiger partial charge is 0.234 e. The van der Waals surface area contributed by atoms with Crippen LogP contribution in [0.3, 0.4) is 0 Å². The fourth-order valence-corrected chi connectivity index (χ4v) is 1.95. The van der Waals surface area contributed by atoms with Gasteiger partial charge in [-0.2, -0.15) is 0 Å². The molecule has 0 saturated carbocycles. The normalized spacial score (nSPS) is 25.0. The lowest BCUT2D eigenvalue weighted by molar-refractivity contribution is -0.122. The number of hydrogen-bond donors (Lipinski definition) is 1. The van der Waals surface area contributed by atoms with Gasteiger partial charge in [-0.1, -0.05) is 20.8 Å². The first-order chi connectivity index (χ1) is 5.90. The molecule has 3 nitrogen and oxygen atoms in total. The van der Waals surface area contributed by atoms with Crippen LogP contribution < -0.4 is 5.73 Å². The van der Waals surface area contributed by atoms with Gasteiger partial charge in [0.25, 0.3) is 0 Å². The molecule has 1 amide bonds. The van der Waals surface area contributed by atoms with E-state index in [0.717, 1.165) is 25.9 Å². The highest BCUT2D eigenvalue weighted by molar-refractivity contribution is 5.80. The van der Waals surface area contributed by atoms with Crippen molar-refractivity contribution in [1.29, 1.82) is 0 Å². The monoisotopic (exact) mass is 184 g/mol. The number of rotatable bonds is 2. The van der Waals surface area contributed by atoms with E-state index in [1.54, 1.807) is 0 Å². The van der Waals surface area contributed by atoms with E-state index in [0.29, 0.717) is 0 Å². The molecule has 1 atom stereocenters. The van der Waals surface area contributed by atoms with Crippen molar-refractivity contribution in [2.45, 2.75) is 39.7 Å². The molecule has 0 aliphatic carbocycles. The maximum atomic E-state index is 11.1. The molecular formula is C10H20N2O. The van der Waals surface area contributed by atoms with Crippen LogP contribution in [-0.2, 0) is 4.79 Å². The van der Waals surface area contributed by atoms with Gasteiger partial charge >= 0.3 is 0 Å². The minimum atomic E-state index is -0.165. The minimum Gasteiger partial charge on any atom is -0.368 e. The molecule has 1 saturated heterocycles. The molecule has 0 radical (unpaired) electrons. The van der Waals surface area contributed by atoms with Crippen LogP contribution in [0.1, 0.15) is 33.6 Å². The summed E-state index contributed by atoms with van der Waals surface area (Å²) in [6, 6.07) is -0.0146. The van der Waals surface area contributed by atoms with Crippen molar-refractivity contribution in [3.63, 3.8) is 0 Å². The third kappa shape index (κ3) is 2.99. The Bertz CT molecular complexity index is 196. The van der Waals surface area contributed by atoms with Crippen molar-refractivity contribution in [1.82, 2.24) is 4.90 Å². The van der Waals surface area contributed by atoms with E-state index in [-0.39, 0.29) is 17.4 Å². The van der Waals surface area contributed by atoms with Crippen molar-refractivity contribution in [3.05, 3.63) is 0 Å². The van der Waals surface area contributed by atoms with Crippen LogP contribution in [0.4, 0.5) is 0 Å². The Hall–Kier alpha value is -0.570. The van der Waals surface area contributed by atoms with Crippen LogP contribution >= 0.6 is 0 Å². The Kier molecular flexibility index (Phi) is 2.96. The highest BCUT2D eigenvalue weighted by Gasteiger charge is 2.31. The van der Waals surface area contributed by atoms with Crippen LogP contribution in [0.15, 0.2) is 0 Å². The number of amides is 1. The molecule has 13 heavy (non-hydrogen) atoms. The molecule has 0 aromatic heterocycles. The van der Waals surface area contributed by atoms with Crippen molar-refractivity contribution < 1.29 is 4.79 Å². The van der Waals surface area contributed by atoms with Crippen molar-refractivity contribution in [2.75, 3.05) is 13.1 Å². The maximum absolute atomic E-state index is 11.1. The number of nitrogens with zero attached hydrogens (tertiary/aromatic N) is 1. The largest absolute Gasteiger partial charge is 0.368 e. The Morgan fingerprint density at radius 2 is 2.15 bits per heavy atom. The second-order valence-electron chi connectivity index (χ2n) is 5.09. The summed E-state index contributed by atoms with van der Waals surface area (Å²) in [5.74, 6) is -0.165. The topological polar surface area (TPSA) is 46.3 Å². The Labute approximate surface area is 80.3 Å². The fraction of sp³-hybridized carbons (Fsp3) is 0.900. The molecule has 0 aromatic rings. The molecule has 1 aliphatic rings. The quantitative estimate of drug-likeness (QED) is 0.695. The van der Waals surface area contributed by atoms with Gasteiger partial charge in [0.05, 0.1) is 6.04 Å². The molecule has 0 unspecified atom stereocenters. The van der Waals surface area contributed by atoms with Gasteiger partial charge in [0.1, 0.15) is 0 Å². The van der Waals surface area contributed by atoms with Gasteiger partial charge in [0, 0.05) is 6.54 Å². The van der Waals surface area contributed by atoms with E-state index in [2.05, 4.69) is 25.7 Å². The SMILES string of the molecule is CC(C)(C)CN1CCC[C@H]1C(N)=O. The molecular weight excluding hydrogens is 164 g/mol. The highest BCUT2D eigenvalue weighted by atomic mass is 16.1. The lowest BCUT2D eigenvalue weighted by Crippen LogP contribution is -2.43. The van der Waals surface area contributed by atoms with E-state index in [1.165, 1.54) is 0 Å². The number of nitrogens with two attached hydrogens (primary N) is 1. The van der Waals surface area contributed by atoms with Gasteiger partial charge in [-0.3, -0.25) is 9.69 Å². The van der Waals surface area contributed by atoms with E-state index >= 15 is 0 Å². The average Bonchev–Trinajstić information content (AvgIpc) is 2.31. The second kappa shape index (κ2) is 3.66. The van der Waals surface area contributed by atoms with Gasteiger partial charge in [0.15, 0.2) is 0 Å². The van der Waals surface area contributed by atoms with Crippen LogP contribution in [0, 0.1) is 5.41 Å². The van der Waals surface area contributed by atoms with E-state index in [1.807, 2.05) is 0 Å². The molecule has 0 bridgehead atoms. The van der Waals surface area contributed by atoms with Crippen molar-refractivity contribution in [3.8, 4) is 0 Å². The molecule has 1 fully saturated rings. The van der Waals surface area contributed by atoms with E-state index < -0.39 is 0 Å². The van der Waals surface area contributed by atoms with Crippen LogP contribution in [0.2, 0.25) is 0 Å². The zero-order chi connectivity index (χ0) is 10.1. The molecule has 2 N–H and O–H groups in total. The predicted octanol–water partition coefficient (Wildman–Crippen LogP) is 0.982. The summed E-state index contributed by atoms with van der Waals surface area (Å²) in [5.41, 5.74) is 5.57. The standard InChI is InChI=1S/C10H20N2O/c1-10(2,3)7-12-6-4-5-8(12)9(11)13/h8H,4-7H2,1-3H3,(H2,11,13)/t8-/m0/s1. The van der Waals surface area contributed by atoms with E-state index in [9.17, 15) is 4.79 Å². The molecule has 0 spiro atoms. The molecule has 3 heteroatoms. The first-order valence-corrected chi connectivity index (χ1v) is 4.93. The summed E-state index contributed by atoms with van der Waals surface area (Å²) in [6.45, 7) is 8.53. The molecule has 1 aliphatic heterocycles. The Balaban J connectivity index is 2.54. The van der Waals surface area contributed by atoms with Gasteiger partial charge in [-0.15, -0.1) is 0 Å². The van der Waals surface area contributed by atoms with Crippen LogP contribution in [0.5, 0.6) is 0 Å². The summed E-state index contributed by atoms with van der Waals surface area (Å²) in [4.78, 5) is 13.3. The van der Waals surface area contributed by atoms with Crippen LogP contribution in [0.25, 0.3) is 0 Å². The zero-order valence-corrected chi connectivity index (χ0v) is 8.84. The predicted molar refractivity (Wildman–Crippen MR) is 53.2 cm³/mol. The molecule has 1 heterocycles. The Morgan fingerprint density at radius 1 is 1.54 bits per heavy atom. The summed E-state index contributed by atoms with van der Waals surface area (Å²) < 4.78 is 0. The average molecular weight is 184 g/mol. The lowest BCUT2D eigenvalue weighted by atomic mass is 9.95. The third-order valence-electron chi connectivity index (χ3n) is 2.37. The Morgan fingerprint density at radius 3 is 2.62 bits per heavy atom. The minimum absolute atomic E-state index is 0.0146. The van der Waals surface area contributed by atoms with Gasteiger partial charge in [-0.05, 0) is 24.8 Å². The van der Waals surface area contributed by atoms with Crippen molar-refractivity contribution >= 4 is 5.91 Å².